The van der Waals surface area contributed by atoms with Crippen molar-refractivity contribution in [1.29, 1.82) is 0 Å². The predicted molar refractivity (Wildman–Crippen MR) is 110 cm³/mol. The lowest BCUT2D eigenvalue weighted by atomic mass is 9.93. The molecule has 1 unspecified atom stereocenters. The van der Waals surface area contributed by atoms with Crippen LogP contribution in [-0.4, -0.2) is 52.6 Å². The molecule has 2 aromatic rings. The summed E-state index contributed by atoms with van der Waals surface area (Å²) < 4.78 is 39.2. The van der Waals surface area contributed by atoms with E-state index >= 15 is 0 Å². The molecule has 9 heteroatoms. The Hall–Kier alpha value is -2.42. The number of pyridine rings is 1. The molecule has 0 saturated carbocycles. The standard InChI is InChI=1S/C21H27F3N6/c1-14-4-3-9-30(14)19-13-17(15-6-10-29(2)11-7-15)26-20(28-19)27-18-12-16(5-8-25-18)21(22,23)24/h5,8,12-15H,3-4,6-7,9-11H2,1-2H3,(H,25,26,27,28). The fourth-order valence-electron chi connectivity index (χ4n) is 4.23. The smallest absolute Gasteiger partial charge is 0.354 e. The van der Waals surface area contributed by atoms with Crippen LogP contribution in [0.2, 0.25) is 0 Å². The largest absolute Gasteiger partial charge is 0.416 e. The maximum Gasteiger partial charge on any atom is 0.416 e. The molecule has 2 fully saturated rings. The van der Waals surface area contributed by atoms with Gasteiger partial charge in [0.15, 0.2) is 0 Å². The second kappa shape index (κ2) is 8.37. The highest BCUT2D eigenvalue weighted by molar-refractivity contribution is 5.54. The van der Waals surface area contributed by atoms with E-state index in [0.717, 1.165) is 75.2 Å². The first-order valence-corrected chi connectivity index (χ1v) is 10.4. The van der Waals surface area contributed by atoms with Gasteiger partial charge in [0.05, 0.1) is 11.3 Å². The van der Waals surface area contributed by atoms with Crippen LogP contribution in [0.15, 0.2) is 24.4 Å². The van der Waals surface area contributed by atoms with E-state index in [2.05, 4.69) is 50.1 Å². The number of alkyl halides is 3. The van der Waals surface area contributed by atoms with Gasteiger partial charge in [-0.1, -0.05) is 0 Å². The lowest BCUT2D eigenvalue weighted by Gasteiger charge is -2.30. The molecule has 2 aliphatic rings. The van der Waals surface area contributed by atoms with Gasteiger partial charge in [-0.15, -0.1) is 0 Å². The average molecular weight is 420 g/mol. The number of aromatic nitrogens is 3. The molecule has 0 amide bonds. The number of piperidine rings is 1. The number of hydrogen-bond acceptors (Lipinski definition) is 6. The summed E-state index contributed by atoms with van der Waals surface area (Å²) in [5.41, 5.74) is 0.196. The zero-order chi connectivity index (χ0) is 21.3. The molecule has 0 spiro atoms. The third kappa shape index (κ3) is 4.66. The molecule has 1 atom stereocenters. The Kier molecular flexibility index (Phi) is 5.81. The van der Waals surface area contributed by atoms with Crippen LogP contribution >= 0.6 is 0 Å². The molecule has 1 N–H and O–H groups in total. The maximum atomic E-state index is 13.1. The molecule has 162 valence electrons. The van der Waals surface area contributed by atoms with Crippen molar-refractivity contribution in [2.24, 2.45) is 0 Å². The fourth-order valence-corrected chi connectivity index (χ4v) is 4.23. The lowest BCUT2D eigenvalue weighted by Crippen LogP contribution is -2.30. The van der Waals surface area contributed by atoms with E-state index in [9.17, 15) is 13.2 Å². The molecular formula is C21H27F3N6. The van der Waals surface area contributed by atoms with Gasteiger partial charge >= 0.3 is 6.18 Å². The molecule has 4 heterocycles. The van der Waals surface area contributed by atoms with Crippen molar-refractivity contribution in [3.05, 3.63) is 35.7 Å². The van der Waals surface area contributed by atoms with E-state index in [-0.39, 0.29) is 5.82 Å². The van der Waals surface area contributed by atoms with Crippen LogP contribution in [0, 0.1) is 0 Å². The van der Waals surface area contributed by atoms with Crippen LogP contribution in [-0.2, 0) is 6.18 Å². The van der Waals surface area contributed by atoms with Gasteiger partial charge in [0, 0.05) is 30.8 Å². The first-order chi connectivity index (χ1) is 14.3. The Balaban J connectivity index is 1.65. The Morgan fingerprint density at radius 1 is 1.07 bits per heavy atom. The zero-order valence-electron chi connectivity index (χ0n) is 17.3. The molecule has 0 bridgehead atoms. The summed E-state index contributed by atoms with van der Waals surface area (Å²) in [5, 5.41) is 2.91. The van der Waals surface area contributed by atoms with Crippen molar-refractivity contribution in [3.8, 4) is 0 Å². The summed E-state index contributed by atoms with van der Waals surface area (Å²) in [6.45, 7) is 5.10. The maximum absolute atomic E-state index is 13.1. The third-order valence-corrected chi connectivity index (χ3v) is 6.04. The molecule has 0 aliphatic carbocycles. The van der Waals surface area contributed by atoms with Crippen molar-refractivity contribution in [3.63, 3.8) is 0 Å². The topological polar surface area (TPSA) is 57.2 Å². The normalized spacial score (nSPS) is 21.2. The minimum Gasteiger partial charge on any atom is -0.354 e. The van der Waals surface area contributed by atoms with Crippen LogP contribution in [0.25, 0.3) is 0 Å². The Labute approximate surface area is 174 Å². The van der Waals surface area contributed by atoms with E-state index in [1.54, 1.807) is 0 Å². The van der Waals surface area contributed by atoms with Crippen LogP contribution in [0.3, 0.4) is 0 Å². The molecule has 0 aromatic carbocycles. The Morgan fingerprint density at radius 2 is 1.83 bits per heavy atom. The SMILES string of the molecule is CC1CCCN1c1cc(C2CCN(C)CC2)nc(Nc2cc(C(F)(F)F)ccn2)n1. The van der Waals surface area contributed by atoms with Crippen molar-refractivity contribution in [2.45, 2.75) is 50.7 Å². The monoisotopic (exact) mass is 420 g/mol. The van der Waals surface area contributed by atoms with Crippen LogP contribution < -0.4 is 10.2 Å². The first-order valence-electron chi connectivity index (χ1n) is 10.4. The van der Waals surface area contributed by atoms with E-state index in [4.69, 9.17) is 0 Å². The highest BCUT2D eigenvalue weighted by Crippen LogP contribution is 2.33. The van der Waals surface area contributed by atoms with Gasteiger partial charge in [0.2, 0.25) is 5.95 Å². The molecule has 30 heavy (non-hydrogen) atoms. The van der Waals surface area contributed by atoms with Crippen LogP contribution in [0.4, 0.5) is 30.8 Å². The van der Waals surface area contributed by atoms with Gasteiger partial charge in [-0.3, -0.25) is 0 Å². The van der Waals surface area contributed by atoms with Crippen LogP contribution in [0.5, 0.6) is 0 Å². The highest BCUT2D eigenvalue weighted by atomic mass is 19.4. The van der Waals surface area contributed by atoms with Crippen molar-refractivity contribution >= 4 is 17.6 Å². The predicted octanol–water partition coefficient (Wildman–Crippen LogP) is 4.43. The number of hydrogen-bond donors (Lipinski definition) is 1. The molecular weight excluding hydrogens is 393 g/mol. The van der Waals surface area contributed by atoms with Gasteiger partial charge in [-0.05, 0) is 64.9 Å². The highest BCUT2D eigenvalue weighted by Gasteiger charge is 2.31. The van der Waals surface area contributed by atoms with Gasteiger partial charge in [-0.25, -0.2) is 9.97 Å². The zero-order valence-corrected chi connectivity index (χ0v) is 17.3. The minimum absolute atomic E-state index is 0.0887. The molecule has 0 radical (unpaired) electrons. The van der Waals surface area contributed by atoms with Crippen molar-refractivity contribution < 1.29 is 13.2 Å². The van der Waals surface area contributed by atoms with E-state index in [1.165, 1.54) is 0 Å². The lowest BCUT2D eigenvalue weighted by molar-refractivity contribution is -0.137. The van der Waals surface area contributed by atoms with E-state index in [1.807, 2.05) is 0 Å². The minimum atomic E-state index is -4.42. The van der Waals surface area contributed by atoms with E-state index in [0.29, 0.717) is 17.9 Å². The summed E-state index contributed by atoms with van der Waals surface area (Å²) in [7, 11) is 2.11. The Bertz CT molecular complexity index is 879. The summed E-state index contributed by atoms with van der Waals surface area (Å²) in [6.07, 6.45) is 0.938. The van der Waals surface area contributed by atoms with Crippen LogP contribution in [0.1, 0.15) is 49.8 Å². The summed E-state index contributed by atoms with van der Waals surface area (Å²) >= 11 is 0. The molecule has 4 rings (SSSR count). The second-order valence-electron chi connectivity index (χ2n) is 8.29. The molecule has 2 saturated heterocycles. The van der Waals surface area contributed by atoms with Gasteiger partial charge in [-0.2, -0.15) is 18.2 Å². The van der Waals surface area contributed by atoms with Crippen molar-refractivity contribution in [1.82, 2.24) is 19.9 Å². The number of likely N-dealkylation sites (tertiary alicyclic amines) is 1. The van der Waals surface area contributed by atoms with E-state index < -0.39 is 11.7 Å². The van der Waals surface area contributed by atoms with Crippen molar-refractivity contribution in [2.75, 3.05) is 36.9 Å². The average Bonchev–Trinajstić information content (AvgIpc) is 3.14. The number of anilines is 3. The first kappa shape index (κ1) is 20.8. The second-order valence-corrected chi connectivity index (χ2v) is 8.29. The Morgan fingerprint density at radius 3 is 2.50 bits per heavy atom. The molecule has 2 aromatic heterocycles. The quantitative estimate of drug-likeness (QED) is 0.790. The van der Waals surface area contributed by atoms with Gasteiger partial charge < -0.3 is 15.1 Å². The third-order valence-electron chi connectivity index (χ3n) is 6.04. The van der Waals surface area contributed by atoms with Gasteiger partial charge in [0.1, 0.15) is 11.6 Å². The number of halogens is 3. The number of rotatable bonds is 4. The van der Waals surface area contributed by atoms with Gasteiger partial charge in [0.25, 0.3) is 0 Å². The summed E-state index contributed by atoms with van der Waals surface area (Å²) in [5.74, 6) is 1.53. The number of nitrogens with zero attached hydrogens (tertiary/aromatic N) is 5. The number of nitrogens with one attached hydrogen (secondary N) is 1. The molecule has 2 aliphatic heterocycles. The summed E-state index contributed by atoms with van der Waals surface area (Å²) in [4.78, 5) is 17.9. The fraction of sp³-hybridized carbons (Fsp3) is 0.571. The molecule has 6 nitrogen and oxygen atoms in total. The summed E-state index contributed by atoms with van der Waals surface area (Å²) in [6, 6.07) is 4.38.